The van der Waals surface area contributed by atoms with E-state index in [0.29, 0.717) is 0 Å². The van der Waals surface area contributed by atoms with Crippen molar-refractivity contribution in [2.75, 3.05) is 0 Å². The largest absolute Gasteiger partial charge is 0.412 e. The van der Waals surface area contributed by atoms with Gasteiger partial charge in [0.1, 0.15) is 0 Å². The zero-order valence-electron chi connectivity index (χ0n) is 7.29. The van der Waals surface area contributed by atoms with E-state index in [9.17, 15) is 0 Å². The summed E-state index contributed by atoms with van der Waals surface area (Å²) in [5, 5.41) is 8.85. The molecule has 1 aromatic rings. The number of benzene rings is 1. The lowest BCUT2D eigenvalue weighted by molar-refractivity contribution is 0.216. The Kier molecular flexibility index (Phi) is 9.93. The van der Waals surface area contributed by atoms with Crippen LogP contribution in [0.5, 0.6) is 0 Å². The molecule has 0 fully saturated rings. The summed E-state index contributed by atoms with van der Waals surface area (Å²) in [6.07, 6.45) is -0.167. The van der Waals surface area contributed by atoms with Gasteiger partial charge in [-0.2, -0.15) is 0 Å². The van der Waals surface area contributed by atoms with Gasteiger partial charge in [0.05, 0.1) is 0 Å². The van der Waals surface area contributed by atoms with Gasteiger partial charge in [-0.25, -0.2) is 0 Å². The van der Waals surface area contributed by atoms with Crippen LogP contribution >= 0.6 is 11.6 Å². The Balaban J connectivity index is 0. The van der Waals surface area contributed by atoms with E-state index < -0.39 is 0 Å². The van der Waals surface area contributed by atoms with Crippen molar-refractivity contribution >= 4 is 11.6 Å². The van der Waals surface area contributed by atoms with E-state index in [1.165, 1.54) is 0 Å². The highest BCUT2D eigenvalue weighted by Crippen LogP contribution is 2.03. The van der Waals surface area contributed by atoms with Gasteiger partial charge in [-0.15, -0.1) is 0 Å². The zero-order chi connectivity index (χ0) is 8.69. The molecule has 0 radical (unpaired) electrons. The smallest absolute Gasteiger partial charge is 0.0483 e. The lowest BCUT2D eigenvalue weighted by atomic mass is 10.4. The van der Waals surface area contributed by atoms with E-state index in [0.717, 1.165) is 5.02 Å². The van der Waals surface area contributed by atoms with Crippen molar-refractivity contribution in [3.63, 3.8) is 0 Å². The maximum absolute atomic E-state index is 8.06. The van der Waals surface area contributed by atoms with Crippen LogP contribution in [-0.4, -0.2) is 16.7 Å². The van der Waals surface area contributed by atoms with E-state index in [2.05, 4.69) is 0 Å². The number of aliphatic hydroxyl groups excluding tert-OH is 1. The summed E-state index contributed by atoms with van der Waals surface area (Å²) in [6.45, 7) is 3.44. The first-order chi connectivity index (χ1) is 5.13. The Bertz CT molecular complexity index is 172. The second-order valence-electron chi connectivity index (χ2n) is 2.39. The highest BCUT2D eigenvalue weighted by atomic mass is 35.5. The fraction of sp³-hybridized carbons (Fsp3) is 0.333. The Morgan fingerprint density at radius 3 is 1.67 bits per heavy atom. The molecule has 0 amide bonds. The normalized spacial score (nSPS) is 8.08. The third-order valence-corrected chi connectivity index (χ3v) is 0.985. The lowest BCUT2D eigenvalue weighted by Crippen LogP contribution is -1.85. The molecule has 0 saturated carbocycles. The molecule has 0 aliphatic carbocycles. The van der Waals surface area contributed by atoms with Gasteiger partial charge in [0.2, 0.25) is 0 Å². The minimum atomic E-state index is -0.167. The summed E-state index contributed by atoms with van der Waals surface area (Å²) in [5.41, 5.74) is 0. The molecule has 0 spiro atoms. The van der Waals surface area contributed by atoms with E-state index in [1.807, 2.05) is 30.3 Å². The van der Waals surface area contributed by atoms with Crippen LogP contribution in [0.25, 0.3) is 0 Å². The summed E-state index contributed by atoms with van der Waals surface area (Å²) in [6, 6.07) is 9.44. The number of hydrogen-bond donors (Lipinski definition) is 1. The Labute approximate surface area is 78.1 Å². The highest BCUT2D eigenvalue weighted by Gasteiger charge is 1.74. The highest BCUT2D eigenvalue weighted by molar-refractivity contribution is 6.30. The molecule has 3 heteroatoms. The lowest BCUT2D eigenvalue weighted by Gasteiger charge is -1.80. The number of rotatable bonds is 0. The van der Waals surface area contributed by atoms with Gasteiger partial charge in [-0.1, -0.05) is 29.8 Å². The molecule has 70 valence electrons. The fourth-order valence-corrected chi connectivity index (χ4v) is 0.560. The molecule has 1 aromatic carbocycles. The van der Waals surface area contributed by atoms with Gasteiger partial charge < -0.3 is 10.6 Å². The molecule has 0 heterocycles. The molecule has 12 heavy (non-hydrogen) atoms. The van der Waals surface area contributed by atoms with Crippen molar-refractivity contribution in [1.29, 1.82) is 0 Å². The van der Waals surface area contributed by atoms with Crippen LogP contribution in [0.4, 0.5) is 0 Å². The number of hydrogen-bond acceptors (Lipinski definition) is 1. The van der Waals surface area contributed by atoms with Crippen molar-refractivity contribution in [2.24, 2.45) is 0 Å². The molecule has 0 unspecified atom stereocenters. The van der Waals surface area contributed by atoms with Crippen LogP contribution in [0.3, 0.4) is 0 Å². The number of aliphatic hydroxyl groups is 1. The summed E-state index contributed by atoms with van der Waals surface area (Å²) in [7, 11) is 0. The minimum absolute atomic E-state index is 0. The van der Waals surface area contributed by atoms with Gasteiger partial charge in [-0.05, 0) is 26.0 Å². The monoisotopic (exact) mass is 190 g/mol. The molecule has 0 bridgehead atoms. The first-order valence-corrected chi connectivity index (χ1v) is 3.89. The van der Waals surface area contributed by atoms with Crippen molar-refractivity contribution in [3.05, 3.63) is 35.4 Å². The quantitative estimate of drug-likeness (QED) is 0.668. The first kappa shape index (κ1) is 14.0. The van der Waals surface area contributed by atoms with Crippen LogP contribution < -0.4 is 0 Å². The summed E-state index contributed by atoms with van der Waals surface area (Å²) in [4.78, 5) is 0. The molecule has 0 aliphatic rings. The molecular formula is C9H15ClO2. The molecule has 0 saturated heterocycles. The third kappa shape index (κ3) is 12.1. The minimum Gasteiger partial charge on any atom is -0.412 e. The van der Waals surface area contributed by atoms with Gasteiger partial charge in [0, 0.05) is 11.1 Å². The van der Waals surface area contributed by atoms with Gasteiger partial charge >= 0.3 is 0 Å². The average Bonchev–Trinajstić information content (AvgIpc) is 1.87. The topological polar surface area (TPSA) is 51.7 Å². The summed E-state index contributed by atoms with van der Waals surface area (Å²) < 4.78 is 0. The second-order valence-corrected chi connectivity index (χ2v) is 2.83. The van der Waals surface area contributed by atoms with Gasteiger partial charge in [0.15, 0.2) is 0 Å². The Hall–Kier alpha value is -0.570. The maximum Gasteiger partial charge on any atom is 0.0483 e. The van der Waals surface area contributed by atoms with Crippen molar-refractivity contribution in [1.82, 2.24) is 0 Å². The summed E-state index contributed by atoms with van der Waals surface area (Å²) in [5.74, 6) is 0. The number of halogens is 1. The van der Waals surface area contributed by atoms with E-state index in [-0.39, 0.29) is 11.6 Å². The van der Waals surface area contributed by atoms with Gasteiger partial charge in [0.25, 0.3) is 0 Å². The van der Waals surface area contributed by atoms with E-state index in [4.69, 9.17) is 16.7 Å². The Morgan fingerprint density at radius 1 is 1.17 bits per heavy atom. The van der Waals surface area contributed by atoms with Crippen LogP contribution in [0.1, 0.15) is 13.8 Å². The van der Waals surface area contributed by atoms with E-state index >= 15 is 0 Å². The zero-order valence-corrected chi connectivity index (χ0v) is 8.05. The van der Waals surface area contributed by atoms with Crippen LogP contribution in [0.15, 0.2) is 30.3 Å². The van der Waals surface area contributed by atoms with Crippen LogP contribution in [0.2, 0.25) is 5.02 Å². The molecule has 0 aliphatic heterocycles. The fourth-order valence-electron chi connectivity index (χ4n) is 0.415. The predicted octanol–water partition coefficient (Wildman–Crippen LogP) is 1.90. The molecule has 0 aromatic heterocycles. The maximum atomic E-state index is 8.06. The first-order valence-electron chi connectivity index (χ1n) is 3.51. The summed E-state index contributed by atoms with van der Waals surface area (Å²) >= 11 is 5.54. The molecule has 0 atom stereocenters. The average molecular weight is 191 g/mol. The molecular weight excluding hydrogens is 176 g/mol. The van der Waals surface area contributed by atoms with E-state index in [1.54, 1.807) is 13.8 Å². The second kappa shape index (κ2) is 8.53. The van der Waals surface area contributed by atoms with Crippen LogP contribution in [-0.2, 0) is 0 Å². The SMILES string of the molecule is CC(C)O.Clc1ccccc1.O. The van der Waals surface area contributed by atoms with Crippen molar-refractivity contribution < 1.29 is 10.6 Å². The van der Waals surface area contributed by atoms with Crippen molar-refractivity contribution in [3.8, 4) is 0 Å². The molecule has 3 N–H and O–H groups in total. The predicted molar refractivity (Wildman–Crippen MR) is 52.4 cm³/mol. The Morgan fingerprint density at radius 2 is 1.50 bits per heavy atom. The standard InChI is InChI=1S/C6H5Cl.C3H8O.H2O/c7-6-4-2-1-3-5-6;1-3(2)4;/h1-5H;3-4H,1-2H3;1H2. The molecule has 1 rings (SSSR count). The van der Waals surface area contributed by atoms with Crippen LogP contribution in [0, 0.1) is 0 Å². The molecule has 2 nitrogen and oxygen atoms in total. The van der Waals surface area contributed by atoms with Crippen molar-refractivity contribution in [2.45, 2.75) is 20.0 Å². The third-order valence-electron chi connectivity index (χ3n) is 0.733. The van der Waals surface area contributed by atoms with Gasteiger partial charge in [-0.3, -0.25) is 0 Å².